The molecule has 0 heterocycles. The molecule has 0 saturated carbocycles. The molecule has 0 amide bonds. The van der Waals surface area contributed by atoms with Gasteiger partial charge in [-0.2, -0.15) is 8.40 Å². The van der Waals surface area contributed by atoms with Gasteiger partial charge in [-0.15, -0.1) is 24.2 Å². The Bertz CT molecular complexity index is 159. The third-order valence-corrected chi connectivity index (χ3v) is 3.65. The fourth-order valence-electron chi connectivity index (χ4n) is 1.67. The van der Waals surface area contributed by atoms with Crippen molar-refractivity contribution in [2.75, 3.05) is 0 Å². The van der Waals surface area contributed by atoms with Crippen molar-refractivity contribution in [1.29, 1.82) is 0 Å². The number of hydrogen-bond acceptors (Lipinski definition) is 0. The van der Waals surface area contributed by atoms with Crippen molar-refractivity contribution in [3.63, 3.8) is 0 Å². The molecule has 0 aromatic heterocycles. The number of halogens is 2. The van der Waals surface area contributed by atoms with Gasteiger partial charge in [0.1, 0.15) is 0 Å². The van der Waals surface area contributed by atoms with Crippen molar-refractivity contribution >= 4 is 8.40 Å². The SMILES string of the molecule is CC(C)(C)[N-][Si](C)(C)[N-]C(C)(C)C.[Cl-].[Cl-].[Ti+4]. The van der Waals surface area contributed by atoms with Gasteiger partial charge in [0.05, 0.1) is 0 Å². The molecule has 0 aromatic carbocycles. The normalized spacial score (nSPS) is 12.0. The van der Waals surface area contributed by atoms with E-state index in [-0.39, 0.29) is 57.6 Å². The monoisotopic (exact) mass is 318 g/mol. The number of nitrogens with zero attached hydrogens (tertiary/aromatic N) is 2. The van der Waals surface area contributed by atoms with E-state index in [9.17, 15) is 0 Å². The Kier molecular flexibility index (Phi) is 13.9. The van der Waals surface area contributed by atoms with Gasteiger partial charge in [0.2, 0.25) is 0 Å². The molecule has 0 bridgehead atoms. The molecule has 0 rings (SSSR count). The van der Waals surface area contributed by atoms with Crippen molar-refractivity contribution in [3.05, 3.63) is 9.96 Å². The number of hydrogen-bond donors (Lipinski definition) is 0. The minimum atomic E-state index is -1.72. The Morgan fingerprint density at radius 2 is 0.875 bits per heavy atom. The Hall–Kier alpha value is 1.43. The van der Waals surface area contributed by atoms with E-state index in [1.807, 2.05) is 0 Å². The van der Waals surface area contributed by atoms with E-state index < -0.39 is 8.40 Å². The minimum Gasteiger partial charge on any atom is -1.00 e. The first kappa shape index (κ1) is 26.1. The molecular weight excluding hydrogens is 295 g/mol. The third-order valence-electron chi connectivity index (χ3n) is 1.22. The van der Waals surface area contributed by atoms with Crippen LogP contribution in [-0.2, 0) is 21.7 Å². The molecule has 6 heteroatoms. The van der Waals surface area contributed by atoms with E-state index in [1.54, 1.807) is 0 Å². The van der Waals surface area contributed by atoms with Gasteiger partial charge in [-0.3, -0.25) is 0 Å². The topological polar surface area (TPSA) is 28.2 Å². The second-order valence-electron chi connectivity index (χ2n) is 6.06. The predicted octanol–water partition coefficient (Wildman–Crippen LogP) is -1.96. The summed E-state index contributed by atoms with van der Waals surface area (Å²) in [5, 5.41) is 0. The van der Waals surface area contributed by atoms with Gasteiger partial charge in [-0.1, -0.05) is 41.5 Å². The van der Waals surface area contributed by atoms with Gasteiger partial charge in [0, 0.05) is 0 Å². The van der Waals surface area contributed by atoms with Gasteiger partial charge < -0.3 is 34.8 Å². The molecule has 2 nitrogen and oxygen atoms in total. The molecule has 0 N–H and O–H groups in total. The van der Waals surface area contributed by atoms with Crippen molar-refractivity contribution in [2.24, 2.45) is 0 Å². The third kappa shape index (κ3) is 17.8. The summed E-state index contributed by atoms with van der Waals surface area (Å²) >= 11 is 0. The van der Waals surface area contributed by atoms with Gasteiger partial charge in [0.25, 0.3) is 0 Å². The summed E-state index contributed by atoms with van der Waals surface area (Å²) in [6, 6.07) is 0. The van der Waals surface area contributed by atoms with E-state index in [4.69, 9.17) is 9.96 Å². The van der Waals surface area contributed by atoms with E-state index in [1.165, 1.54) is 0 Å². The summed E-state index contributed by atoms with van der Waals surface area (Å²) in [6.07, 6.45) is 0. The van der Waals surface area contributed by atoms with E-state index in [2.05, 4.69) is 54.6 Å². The molecule has 96 valence electrons. The Morgan fingerprint density at radius 3 is 1.00 bits per heavy atom. The molecule has 16 heavy (non-hydrogen) atoms. The van der Waals surface area contributed by atoms with E-state index >= 15 is 0 Å². The van der Waals surface area contributed by atoms with Crippen LogP contribution < -0.4 is 24.8 Å². The summed E-state index contributed by atoms with van der Waals surface area (Å²) in [7, 11) is -1.72. The molecule has 0 aliphatic carbocycles. The zero-order chi connectivity index (χ0) is 10.9. The predicted molar refractivity (Wildman–Crippen MR) is 63.7 cm³/mol. The smallest absolute Gasteiger partial charge is 1.00 e. The standard InChI is InChI=1S/C10H24N2Si.2ClH.Ti/c1-9(2,3)11-13(7,8)12-10(4,5)6;;;/h1-8H3;2*1H;/q-2;;;+4/p-2. The molecular formula is C10H24Cl2N2SiTi. The first-order chi connectivity index (χ1) is 5.41. The second-order valence-corrected chi connectivity index (χ2v) is 9.50. The van der Waals surface area contributed by atoms with Gasteiger partial charge >= 0.3 is 21.7 Å². The van der Waals surface area contributed by atoms with Crippen LogP contribution in [0.25, 0.3) is 9.96 Å². The maximum atomic E-state index is 4.80. The molecule has 0 unspecified atom stereocenters. The zero-order valence-corrected chi connectivity index (χ0v) is 15.7. The summed E-state index contributed by atoms with van der Waals surface area (Å²) in [5.41, 5.74) is 0.0922. The average Bonchev–Trinajstić information content (AvgIpc) is 1.43. The summed E-state index contributed by atoms with van der Waals surface area (Å²) in [5.74, 6) is 0. The van der Waals surface area contributed by atoms with Gasteiger partial charge in [0.15, 0.2) is 0 Å². The Morgan fingerprint density at radius 1 is 0.688 bits per heavy atom. The number of rotatable bonds is 2. The molecule has 0 atom stereocenters. The van der Waals surface area contributed by atoms with Gasteiger partial charge in [-0.25, -0.2) is 0 Å². The van der Waals surface area contributed by atoms with E-state index in [0.717, 1.165) is 0 Å². The van der Waals surface area contributed by atoms with Crippen LogP contribution >= 0.6 is 0 Å². The van der Waals surface area contributed by atoms with Crippen LogP contribution in [0.2, 0.25) is 13.1 Å². The Labute approximate surface area is 130 Å². The maximum Gasteiger partial charge on any atom is 4.00 e. The first-order valence-electron chi connectivity index (χ1n) is 4.89. The van der Waals surface area contributed by atoms with Crippen LogP contribution in [0, 0.1) is 0 Å². The molecule has 0 radical (unpaired) electrons. The first-order valence-corrected chi connectivity index (χ1v) is 7.79. The largest absolute Gasteiger partial charge is 4.00 e. The Balaban J connectivity index is -0.000000240. The van der Waals surface area contributed by atoms with Crippen LogP contribution in [0.3, 0.4) is 0 Å². The van der Waals surface area contributed by atoms with Gasteiger partial charge in [-0.05, 0) is 0 Å². The zero-order valence-electron chi connectivity index (χ0n) is 11.7. The molecule has 0 aromatic rings. The quantitative estimate of drug-likeness (QED) is 0.529. The van der Waals surface area contributed by atoms with Crippen molar-refractivity contribution in [2.45, 2.75) is 65.7 Å². The summed E-state index contributed by atoms with van der Waals surface area (Å²) in [6.45, 7) is 17.2. The fourth-order valence-corrected chi connectivity index (χ4v) is 5.00. The average molecular weight is 319 g/mol. The van der Waals surface area contributed by atoms with Crippen LogP contribution in [0.15, 0.2) is 0 Å². The molecule has 0 saturated heterocycles. The molecule has 0 aliphatic rings. The maximum absolute atomic E-state index is 4.80. The molecule has 0 spiro atoms. The molecule has 0 aliphatic heterocycles. The summed E-state index contributed by atoms with van der Waals surface area (Å²) < 4.78 is 0. The summed E-state index contributed by atoms with van der Waals surface area (Å²) in [4.78, 5) is 9.60. The minimum absolute atomic E-state index is 0. The van der Waals surface area contributed by atoms with Crippen molar-refractivity contribution in [3.8, 4) is 0 Å². The fraction of sp³-hybridized carbons (Fsp3) is 1.00. The van der Waals surface area contributed by atoms with Crippen LogP contribution in [0.5, 0.6) is 0 Å². The molecule has 0 fully saturated rings. The van der Waals surface area contributed by atoms with Crippen LogP contribution in [-0.4, -0.2) is 19.5 Å². The van der Waals surface area contributed by atoms with Crippen molar-refractivity contribution < 1.29 is 46.5 Å². The van der Waals surface area contributed by atoms with Crippen molar-refractivity contribution in [1.82, 2.24) is 0 Å². The van der Waals surface area contributed by atoms with Crippen LogP contribution in [0.4, 0.5) is 0 Å². The van der Waals surface area contributed by atoms with Crippen LogP contribution in [0.1, 0.15) is 41.5 Å². The van der Waals surface area contributed by atoms with E-state index in [0.29, 0.717) is 0 Å². The second kappa shape index (κ2) is 8.52.